The summed E-state index contributed by atoms with van der Waals surface area (Å²) in [4.78, 5) is 20.8. The highest BCUT2D eigenvalue weighted by molar-refractivity contribution is 5.66. The molecule has 0 radical (unpaired) electrons. The molecule has 19 heavy (non-hydrogen) atoms. The predicted molar refractivity (Wildman–Crippen MR) is 74.1 cm³/mol. The summed E-state index contributed by atoms with van der Waals surface area (Å²) in [5.74, 6) is -0.532. The molecule has 0 aliphatic rings. The van der Waals surface area contributed by atoms with Crippen molar-refractivity contribution in [1.29, 1.82) is 0 Å². The van der Waals surface area contributed by atoms with Crippen molar-refractivity contribution >= 4 is 5.97 Å². The Morgan fingerprint density at radius 2 is 1.63 bits per heavy atom. The van der Waals surface area contributed by atoms with Crippen molar-refractivity contribution < 1.29 is 14.5 Å². The summed E-state index contributed by atoms with van der Waals surface area (Å²) in [5.41, 5.74) is -0.0267. The van der Waals surface area contributed by atoms with Gasteiger partial charge in [0.2, 0.25) is 0 Å². The van der Waals surface area contributed by atoms with Gasteiger partial charge in [-0.2, -0.15) is 0 Å². The number of carbonyl (C=O) groups excluding carboxylic acids is 1. The molecule has 0 aliphatic heterocycles. The van der Waals surface area contributed by atoms with Crippen LogP contribution < -0.4 is 0 Å². The maximum Gasteiger partial charge on any atom is 0.307 e. The van der Waals surface area contributed by atoms with Crippen LogP contribution in [0, 0.1) is 10.1 Å². The molecular formula is C14H25NO4. The number of carbonyl (C=O) groups is 1. The number of allylic oxidation sites excluding steroid dienone is 1. The van der Waals surface area contributed by atoms with E-state index in [9.17, 15) is 14.9 Å². The largest absolute Gasteiger partial charge is 0.428 e. The molecule has 0 atom stereocenters. The molecule has 0 aromatic rings. The fourth-order valence-electron chi connectivity index (χ4n) is 1.78. The van der Waals surface area contributed by atoms with E-state index >= 15 is 0 Å². The third kappa shape index (κ3) is 11.4. The van der Waals surface area contributed by atoms with Crippen molar-refractivity contribution in [3.63, 3.8) is 0 Å². The topological polar surface area (TPSA) is 69.4 Å². The summed E-state index contributed by atoms with van der Waals surface area (Å²) in [5, 5.41) is 10.7. The van der Waals surface area contributed by atoms with Gasteiger partial charge in [0, 0.05) is 13.3 Å². The third-order valence-corrected chi connectivity index (χ3v) is 2.88. The molecule has 0 amide bonds. The van der Waals surface area contributed by atoms with Gasteiger partial charge in [-0.25, -0.2) is 0 Å². The second-order valence-corrected chi connectivity index (χ2v) is 4.70. The van der Waals surface area contributed by atoms with Crippen molar-refractivity contribution in [3.8, 4) is 0 Å². The molecule has 5 heteroatoms. The van der Waals surface area contributed by atoms with Gasteiger partial charge < -0.3 is 4.74 Å². The second kappa shape index (κ2) is 11.7. The van der Waals surface area contributed by atoms with Crippen molar-refractivity contribution in [1.82, 2.24) is 0 Å². The van der Waals surface area contributed by atoms with Crippen molar-refractivity contribution in [2.75, 3.05) is 0 Å². The minimum absolute atomic E-state index is 0.0267. The molecule has 0 aromatic carbocycles. The zero-order valence-electron chi connectivity index (χ0n) is 12.0. The zero-order valence-corrected chi connectivity index (χ0v) is 12.0. The summed E-state index contributed by atoms with van der Waals surface area (Å²) in [6.07, 6.45) is 10.4. The van der Waals surface area contributed by atoms with Crippen LogP contribution in [0.1, 0.15) is 71.6 Å². The Morgan fingerprint density at radius 1 is 1.11 bits per heavy atom. The molecular weight excluding hydrogens is 246 g/mol. The Kier molecular flexibility index (Phi) is 10.8. The van der Waals surface area contributed by atoms with Crippen molar-refractivity contribution in [2.24, 2.45) is 0 Å². The van der Waals surface area contributed by atoms with Crippen LogP contribution in [0.2, 0.25) is 0 Å². The van der Waals surface area contributed by atoms with E-state index in [0.29, 0.717) is 6.42 Å². The van der Waals surface area contributed by atoms with Crippen LogP contribution in [0.25, 0.3) is 0 Å². The monoisotopic (exact) mass is 271 g/mol. The SMILES string of the molecule is CCCCCCCCCC/C(=C/OC(C)=O)[N+](=O)[O-]. The fraction of sp³-hybridized carbons (Fsp3) is 0.786. The van der Waals surface area contributed by atoms with E-state index in [0.717, 1.165) is 25.5 Å². The number of hydrogen-bond donors (Lipinski definition) is 0. The summed E-state index contributed by atoms with van der Waals surface area (Å²) >= 11 is 0. The van der Waals surface area contributed by atoms with Crippen LogP contribution in [-0.4, -0.2) is 10.9 Å². The Balaban J connectivity index is 3.68. The summed E-state index contributed by atoms with van der Waals surface area (Å²) in [6, 6.07) is 0. The van der Waals surface area contributed by atoms with Gasteiger partial charge in [0.1, 0.15) is 0 Å². The van der Waals surface area contributed by atoms with Crippen molar-refractivity contribution in [2.45, 2.75) is 71.6 Å². The highest BCUT2D eigenvalue weighted by Crippen LogP contribution is 2.13. The van der Waals surface area contributed by atoms with E-state index in [1.807, 2.05) is 0 Å². The number of nitro groups is 1. The fourth-order valence-corrected chi connectivity index (χ4v) is 1.78. The molecule has 0 bridgehead atoms. The molecule has 0 saturated heterocycles. The first-order valence-corrected chi connectivity index (χ1v) is 7.08. The molecule has 110 valence electrons. The third-order valence-electron chi connectivity index (χ3n) is 2.88. The van der Waals surface area contributed by atoms with E-state index in [-0.39, 0.29) is 5.70 Å². The average molecular weight is 271 g/mol. The number of hydrogen-bond acceptors (Lipinski definition) is 4. The van der Waals surface area contributed by atoms with Gasteiger partial charge in [-0.05, 0) is 6.42 Å². The average Bonchev–Trinajstić information content (AvgIpc) is 2.35. The molecule has 0 N–H and O–H groups in total. The predicted octanol–water partition coefficient (Wildman–Crippen LogP) is 4.20. The lowest BCUT2D eigenvalue weighted by molar-refractivity contribution is -0.429. The lowest BCUT2D eigenvalue weighted by Gasteiger charge is -2.01. The smallest absolute Gasteiger partial charge is 0.307 e. The number of rotatable bonds is 11. The zero-order chi connectivity index (χ0) is 14.5. The van der Waals surface area contributed by atoms with Gasteiger partial charge in [0.15, 0.2) is 6.26 Å². The lowest BCUT2D eigenvalue weighted by Crippen LogP contribution is -2.02. The van der Waals surface area contributed by atoms with E-state index < -0.39 is 10.9 Å². The number of esters is 1. The first-order valence-electron chi connectivity index (χ1n) is 7.08. The maximum atomic E-state index is 10.7. The van der Waals surface area contributed by atoms with Crippen LogP contribution in [0.5, 0.6) is 0 Å². The molecule has 0 saturated carbocycles. The van der Waals surface area contributed by atoms with Gasteiger partial charge in [0.25, 0.3) is 5.70 Å². The van der Waals surface area contributed by atoms with E-state index in [2.05, 4.69) is 11.7 Å². The van der Waals surface area contributed by atoms with Crippen LogP contribution in [-0.2, 0) is 9.53 Å². The Hall–Kier alpha value is -1.39. The van der Waals surface area contributed by atoms with Crippen LogP contribution in [0.3, 0.4) is 0 Å². The van der Waals surface area contributed by atoms with Crippen molar-refractivity contribution in [3.05, 3.63) is 22.1 Å². The first-order chi connectivity index (χ1) is 9.07. The van der Waals surface area contributed by atoms with Crippen LogP contribution >= 0.6 is 0 Å². The van der Waals surface area contributed by atoms with Crippen LogP contribution in [0.15, 0.2) is 12.0 Å². The van der Waals surface area contributed by atoms with Gasteiger partial charge in [-0.15, -0.1) is 0 Å². The highest BCUT2D eigenvalue weighted by atomic mass is 16.6. The Labute approximate surface area is 115 Å². The normalized spacial score (nSPS) is 11.4. The molecule has 0 aliphatic carbocycles. The minimum Gasteiger partial charge on any atom is -0.428 e. The van der Waals surface area contributed by atoms with E-state index in [1.54, 1.807) is 0 Å². The van der Waals surface area contributed by atoms with Crippen LogP contribution in [0.4, 0.5) is 0 Å². The maximum absolute atomic E-state index is 10.7. The minimum atomic E-state index is -0.532. The second-order valence-electron chi connectivity index (χ2n) is 4.70. The molecule has 5 nitrogen and oxygen atoms in total. The standard InChI is InChI=1S/C14H25NO4/c1-3-4-5-6-7-8-9-10-11-14(15(17)18)12-19-13(2)16/h12H,3-11H2,1-2H3/b14-12-. The molecule has 0 heterocycles. The van der Waals surface area contributed by atoms with Gasteiger partial charge in [-0.3, -0.25) is 14.9 Å². The lowest BCUT2D eigenvalue weighted by atomic mass is 10.1. The molecule has 0 unspecified atom stereocenters. The highest BCUT2D eigenvalue weighted by Gasteiger charge is 2.11. The summed E-state index contributed by atoms with van der Waals surface area (Å²) in [6.45, 7) is 3.42. The van der Waals surface area contributed by atoms with Gasteiger partial charge in [-0.1, -0.05) is 51.9 Å². The number of nitrogens with zero attached hydrogens (tertiary/aromatic N) is 1. The molecule has 0 rings (SSSR count). The molecule has 0 spiro atoms. The first kappa shape index (κ1) is 17.6. The Bertz CT molecular complexity index is 300. The van der Waals surface area contributed by atoms with E-state index in [4.69, 9.17) is 0 Å². The summed E-state index contributed by atoms with van der Waals surface area (Å²) < 4.78 is 4.55. The number of ether oxygens (including phenoxy) is 1. The quantitative estimate of drug-likeness (QED) is 0.186. The van der Waals surface area contributed by atoms with Gasteiger partial charge in [0.05, 0.1) is 4.92 Å². The van der Waals surface area contributed by atoms with E-state index in [1.165, 1.54) is 39.0 Å². The molecule has 0 fully saturated rings. The summed E-state index contributed by atoms with van der Waals surface area (Å²) in [7, 11) is 0. The van der Waals surface area contributed by atoms with Gasteiger partial charge >= 0.3 is 5.97 Å². The number of unbranched alkanes of at least 4 members (excludes halogenated alkanes) is 7. The molecule has 0 aromatic heterocycles. The Morgan fingerprint density at radius 3 is 2.11 bits per heavy atom.